The summed E-state index contributed by atoms with van der Waals surface area (Å²) in [5.74, 6) is -0.695. The lowest BCUT2D eigenvalue weighted by Crippen LogP contribution is -2.27. The van der Waals surface area contributed by atoms with Gasteiger partial charge in [0.25, 0.3) is 5.91 Å². The van der Waals surface area contributed by atoms with Gasteiger partial charge in [-0.3, -0.25) is 4.79 Å². The van der Waals surface area contributed by atoms with Gasteiger partial charge in [0.2, 0.25) is 0 Å². The van der Waals surface area contributed by atoms with E-state index in [0.29, 0.717) is 10.4 Å². The van der Waals surface area contributed by atoms with Crippen LogP contribution in [0, 0.1) is 5.82 Å². The number of thiophene rings is 1. The van der Waals surface area contributed by atoms with Crippen molar-refractivity contribution in [2.75, 3.05) is 6.54 Å². The number of nitrogens with one attached hydrogen (secondary N) is 1. The summed E-state index contributed by atoms with van der Waals surface area (Å²) in [4.78, 5) is 18.4. The smallest absolute Gasteiger partial charge is 0.261 e. The number of thiazole rings is 1. The molecule has 1 unspecified atom stereocenters. The molecule has 0 aliphatic carbocycles. The lowest BCUT2D eigenvalue weighted by Gasteiger charge is -2.11. The van der Waals surface area contributed by atoms with Crippen molar-refractivity contribution in [2.24, 2.45) is 0 Å². The zero-order chi connectivity index (χ0) is 18.8. The Morgan fingerprint density at radius 2 is 1.96 bits per heavy atom. The summed E-state index contributed by atoms with van der Waals surface area (Å²) in [6.45, 7) is 0.0106. The van der Waals surface area contributed by atoms with E-state index < -0.39 is 11.9 Å². The Kier molecular flexibility index (Phi) is 4.98. The van der Waals surface area contributed by atoms with Gasteiger partial charge in [0.1, 0.15) is 10.8 Å². The molecule has 27 heavy (non-hydrogen) atoms. The van der Waals surface area contributed by atoms with Gasteiger partial charge in [0, 0.05) is 6.54 Å². The van der Waals surface area contributed by atoms with E-state index in [1.807, 2.05) is 30.3 Å². The van der Waals surface area contributed by atoms with Crippen molar-refractivity contribution in [2.45, 2.75) is 6.10 Å². The number of nitrogens with zero attached hydrogens (tertiary/aromatic N) is 1. The minimum absolute atomic E-state index is 0.0106. The number of hydrogen-bond donors (Lipinski definition) is 2. The van der Waals surface area contributed by atoms with Crippen LogP contribution in [0.1, 0.15) is 21.3 Å². The highest BCUT2D eigenvalue weighted by Gasteiger charge is 2.15. The molecule has 2 aromatic carbocycles. The van der Waals surface area contributed by atoms with E-state index in [-0.39, 0.29) is 12.5 Å². The first-order valence-electron chi connectivity index (χ1n) is 8.27. The normalized spacial score (nSPS) is 12.2. The number of carbonyl (C=O) groups excluding carboxylic acids is 1. The van der Waals surface area contributed by atoms with Crippen LogP contribution in [-0.4, -0.2) is 22.5 Å². The molecule has 4 nitrogen and oxygen atoms in total. The van der Waals surface area contributed by atoms with Gasteiger partial charge in [0.15, 0.2) is 0 Å². The minimum Gasteiger partial charge on any atom is -0.387 e. The standard InChI is InChI=1S/C20H15FN2O2S2/c21-13-5-3-4-12(10-13)15(24)11-22-19(25)17-8-9-18(26-17)20-23-14-6-1-2-7-16(14)27-20/h1-10,15,24H,11H2,(H,22,25). The number of fused-ring (bicyclic) bond motifs is 1. The summed E-state index contributed by atoms with van der Waals surface area (Å²) < 4.78 is 14.3. The summed E-state index contributed by atoms with van der Waals surface area (Å²) in [5, 5.41) is 13.7. The highest BCUT2D eigenvalue weighted by Crippen LogP contribution is 2.34. The van der Waals surface area contributed by atoms with E-state index >= 15 is 0 Å². The van der Waals surface area contributed by atoms with Gasteiger partial charge >= 0.3 is 0 Å². The maximum Gasteiger partial charge on any atom is 0.261 e. The molecule has 4 rings (SSSR count). The third-order valence-corrected chi connectivity index (χ3v) is 6.31. The van der Waals surface area contributed by atoms with Gasteiger partial charge in [0.05, 0.1) is 26.1 Å². The average molecular weight is 398 g/mol. The van der Waals surface area contributed by atoms with Gasteiger partial charge in [-0.25, -0.2) is 9.37 Å². The molecule has 1 atom stereocenters. The van der Waals surface area contributed by atoms with Crippen molar-refractivity contribution in [3.63, 3.8) is 0 Å². The molecule has 0 spiro atoms. The number of aliphatic hydroxyl groups is 1. The average Bonchev–Trinajstić information content (AvgIpc) is 3.32. The lowest BCUT2D eigenvalue weighted by molar-refractivity contribution is 0.0920. The van der Waals surface area contributed by atoms with Crippen LogP contribution in [0.15, 0.2) is 60.7 Å². The molecule has 0 saturated heterocycles. The van der Waals surface area contributed by atoms with Crippen molar-refractivity contribution in [1.29, 1.82) is 0 Å². The number of aliphatic hydroxyl groups excluding tert-OH is 1. The van der Waals surface area contributed by atoms with Crippen LogP contribution in [0.2, 0.25) is 0 Å². The van der Waals surface area contributed by atoms with Crippen molar-refractivity contribution < 1.29 is 14.3 Å². The van der Waals surface area contributed by atoms with E-state index in [1.165, 1.54) is 29.5 Å². The fraction of sp³-hybridized carbons (Fsp3) is 0.100. The number of hydrogen-bond acceptors (Lipinski definition) is 5. The Labute approximate surface area is 162 Å². The highest BCUT2D eigenvalue weighted by molar-refractivity contribution is 7.26. The van der Waals surface area contributed by atoms with Crippen LogP contribution < -0.4 is 5.32 Å². The number of aromatic nitrogens is 1. The van der Waals surface area contributed by atoms with Crippen LogP contribution in [0.5, 0.6) is 0 Å². The molecule has 0 aliphatic rings. The molecule has 0 saturated carbocycles. The van der Waals surface area contributed by atoms with Crippen LogP contribution in [0.3, 0.4) is 0 Å². The summed E-state index contributed by atoms with van der Waals surface area (Å²) in [7, 11) is 0. The number of rotatable bonds is 5. The van der Waals surface area contributed by atoms with Crippen molar-refractivity contribution in [3.05, 3.63) is 76.9 Å². The molecule has 7 heteroatoms. The Balaban J connectivity index is 1.44. The summed E-state index contributed by atoms with van der Waals surface area (Å²) in [5.41, 5.74) is 1.37. The van der Waals surface area contributed by atoms with E-state index in [0.717, 1.165) is 20.1 Å². The molecule has 2 heterocycles. The lowest BCUT2D eigenvalue weighted by atomic mass is 10.1. The maximum absolute atomic E-state index is 13.2. The zero-order valence-corrected chi connectivity index (χ0v) is 15.7. The number of carbonyl (C=O) groups is 1. The third kappa shape index (κ3) is 3.90. The second-order valence-corrected chi connectivity index (χ2v) is 8.05. The van der Waals surface area contributed by atoms with Crippen LogP contribution >= 0.6 is 22.7 Å². The first kappa shape index (κ1) is 17.8. The largest absolute Gasteiger partial charge is 0.387 e. The number of amides is 1. The Hall–Kier alpha value is -2.61. The fourth-order valence-corrected chi connectivity index (χ4v) is 4.60. The predicted molar refractivity (Wildman–Crippen MR) is 107 cm³/mol. The van der Waals surface area contributed by atoms with Crippen molar-refractivity contribution >= 4 is 38.8 Å². The number of halogens is 1. The van der Waals surface area contributed by atoms with Crippen molar-refractivity contribution in [3.8, 4) is 9.88 Å². The Morgan fingerprint density at radius 3 is 2.78 bits per heavy atom. The summed E-state index contributed by atoms with van der Waals surface area (Å²) >= 11 is 2.94. The predicted octanol–water partition coefficient (Wildman–Crippen LogP) is 4.63. The molecule has 0 fully saturated rings. The van der Waals surface area contributed by atoms with Gasteiger partial charge in [-0.15, -0.1) is 22.7 Å². The van der Waals surface area contributed by atoms with Gasteiger partial charge < -0.3 is 10.4 Å². The van der Waals surface area contributed by atoms with Gasteiger partial charge in [-0.2, -0.15) is 0 Å². The highest BCUT2D eigenvalue weighted by atomic mass is 32.1. The van der Waals surface area contributed by atoms with Crippen LogP contribution in [0.4, 0.5) is 4.39 Å². The molecular weight excluding hydrogens is 383 g/mol. The molecular formula is C20H15FN2O2S2. The topological polar surface area (TPSA) is 62.2 Å². The molecule has 4 aromatic rings. The second-order valence-electron chi connectivity index (χ2n) is 5.93. The van der Waals surface area contributed by atoms with Gasteiger partial charge in [-0.1, -0.05) is 24.3 Å². The third-order valence-electron chi connectivity index (χ3n) is 4.02. The van der Waals surface area contributed by atoms with E-state index in [4.69, 9.17) is 0 Å². The van der Waals surface area contributed by atoms with Crippen molar-refractivity contribution in [1.82, 2.24) is 10.3 Å². The number of benzene rings is 2. The van der Waals surface area contributed by atoms with E-state index in [1.54, 1.807) is 23.5 Å². The first-order chi connectivity index (χ1) is 13.1. The molecule has 136 valence electrons. The minimum atomic E-state index is -0.964. The molecule has 1 amide bonds. The fourth-order valence-electron chi connectivity index (χ4n) is 2.66. The monoisotopic (exact) mass is 398 g/mol. The summed E-state index contributed by atoms with van der Waals surface area (Å²) in [6.07, 6.45) is -0.964. The first-order valence-corrected chi connectivity index (χ1v) is 9.91. The second kappa shape index (κ2) is 7.56. The molecule has 2 aromatic heterocycles. The number of para-hydroxylation sites is 1. The van der Waals surface area contributed by atoms with Crippen LogP contribution in [0.25, 0.3) is 20.1 Å². The molecule has 0 radical (unpaired) electrons. The van der Waals surface area contributed by atoms with E-state index in [2.05, 4.69) is 10.3 Å². The Bertz CT molecular complexity index is 1070. The molecule has 2 N–H and O–H groups in total. The molecule has 0 bridgehead atoms. The Morgan fingerprint density at radius 1 is 1.11 bits per heavy atom. The van der Waals surface area contributed by atoms with Gasteiger partial charge in [-0.05, 0) is 42.0 Å². The maximum atomic E-state index is 13.2. The molecule has 0 aliphatic heterocycles. The van der Waals surface area contributed by atoms with Crippen LogP contribution in [-0.2, 0) is 0 Å². The van der Waals surface area contributed by atoms with E-state index in [9.17, 15) is 14.3 Å². The summed E-state index contributed by atoms with van der Waals surface area (Å²) in [6, 6.07) is 17.2. The zero-order valence-electron chi connectivity index (χ0n) is 14.1. The quantitative estimate of drug-likeness (QED) is 0.515. The SMILES string of the molecule is O=C(NCC(O)c1cccc(F)c1)c1ccc(-c2nc3ccccc3s2)s1.